The molecule has 0 N–H and O–H groups in total. The summed E-state index contributed by atoms with van der Waals surface area (Å²) in [5.41, 5.74) is 14.4. The number of aromatic nitrogens is 4. The summed E-state index contributed by atoms with van der Waals surface area (Å²) in [6.45, 7) is 0. The molecule has 2 heterocycles. The molecule has 4 heteroatoms. The molecule has 0 aliphatic carbocycles. The second-order valence-electron chi connectivity index (χ2n) is 15.5. The fraction of sp³-hybridized carbons (Fsp3) is 0. The van der Waals surface area contributed by atoms with Crippen molar-refractivity contribution in [2.24, 2.45) is 0 Å². The highest BCUT2D eigenvalue weighted by atomic mass is 15.0. The van der Waals surface area contributed by atoms with Gasteiger partial charge >= 0.3 is 0 Å². The highest BCUT2D eigenvalue weighted by molar-refractivity contribution is 6.08. The maximum atomic E-state index is 5.05. The first-order valence-electron chi connectivity index (χ1n) is 20.8. The monoisotopic (exact) mass is 790 g/mol. The zero-order chi connectivity index (χ0) is 41.2. The van der Waals surface area contributed by atoms with Gasteiger partial charge in [0.1, 0.15) is 0 Å². The first-order chi connectivity index (χ1) is 30.7. The maximum absolute atomic E-state index is 5.05. The fourth-order valence-electron chi connectivity index (χ4n) is 8.27. The highest BCUT2D eigenvalue weighted by Crippen LogP contribution is 2.34. The average Bonchev–Trinajstić information content (AvgIpc) is 3.37. The average molecular weight is 791 g/mol. The molecule has 0 saturated heterocycles. The molecular weight excluding hydrogens is 753 g/mol. The molecule has 62 heavy (non-hydrogen) atoms. The van der Waals surface area contributed by atoms with Crippen LogP contribution < -0.4 is 0 Å². The lowest BCUT2D eigenvalue weighted by molar-refractivity contribution is 1.07. The molecule has 0 fully saturated rings. The van der Waals surface area contributed by atoms with Crippen LogP contribution >= 0.6 is 0 Å². The Morgan fingerprint density at radius 2 is 0.581 bits per heavy atom. The van der Waals surface area contributed by atoms with E-state index in [2.05, 4.69) is 211 Å². The van der Waals surface area contributed by atoms with Crippen molar-refractivity contribution in [1.29, 1.82) is 0 Å². The van der Waals surface area contributed by atoms with Crippen LogP contribution in [-0.4, -0.2) is 19.9 Å². The molecule has 0 radical (unpaired) electrons. The molecule has 0 atom stereocenters. The van der Waals surface area contributed by atoms with Gasteiger partial charge in [0.15, 0.2) is 17.5 Å². The summed E-state index contributed by atoms with van der Waals surface area (Å²) < 4.78 is 0. The van der Waals surface area contributed by atoms with E-state index in [9.17, 15) is 0 Å². The van der Waals surface area contributed by atoms with Crippen LogP contribution in [0.4, 0.5) is 0 Å². The van der Waals surface area contributed by atoms with Crippen molar-refractivity contribution >= 4 is 21.5 Å². The third-order valence-electron chi connectivity index (χ3n) is 11.7. The Labute approximate surface area is 360 Å². The Balaban J connectivity index is 0.876. The zero-order valence-electron chi connectivity index (χ0n) is 33.7. The number of benzene rings is 9. The number of hydrogen-bond acceptors (Lipinski definition) is 4. The normalized spacial score (nSPS) is 11.2. The second kappa shape index (κ2) is 16.0. The summed E-state index contributed by atoms with van der Waals surface area (Å²) in [6, 6.07) is 76.9. The maximum Gasteiger partial charge on any atom is 0.164 e. The van der Waals surface area contributed by atoms with Crippen LogP contribution in [0.25, 0.3) is 111 Å². The Bertz CT molecular complexity index is 3240. The van der Waals surface area contributed by atoms with E-state index in [4.69, 9.17) is 15.0 Å². The molecule has 290 valence electrons. The quantitative estimate of drug-likeness (QED) is 0.144. The highest BCUT2D eigenvalue weighted by Gasteiger charge is 2.14. The molecule has 0 saturated carbocycles. The fourth-order valence-corrected chi connectivity index (χ4v) is 8.27. The Morgan fingerprint density at radius 1 is 0.226 bits per heavy atom. The predicted octanol–water partition coefficient (Wildman–Crippen LogP) is 14.9. The van der Waals surface area contributed by atoms with Crippen molar-refractivity contribution in [2.75, 3.05) is 0 Å². The number of rotatable bonds is 8. The van der Waals surface area contributed by atoms with Gasteiger partial charge in [0.25, 0.3) is 0 Å². The molecule has 0 aliphatic heterocycles. The smallest absolute Gasteiger partial charge is 0.164 e. The zero-order valence-corrected chi connectivity index (χ0v) is 33.7. The molecule has 0 aliphatic rings. The van der Waals surface area contributed by atoms with Crippen molar-refractivity contribution in [3.05, 3.63) is 231 Å². The summed E-state index contributed by atoms with van der Waals surface area (Å²) >= 11 is 0. The van der Waals surface area contributed by atoms with Gasteiger partial charge in [0.2, 0.25) is 0 Å². The van der Waals surface area contributed by atoms with Crippen molar-refractivity contribution in [3.63, 3.8) is 0 Å². The van der Waals surface area contributed by atoms with Gasteiger partial charge in [0.05, 0.1) is 0 Å². The van der Waals surface area contributed by atoms with E-state index in [1.165, 1.54) is 54.9 Å². The molecule has 0 bridgehead atoms. The molecular formula is C58H38N4. The molecule has 4 nitrogen and oxygen atoms in total. The van der Waals surface area contributed by atoms with Crippen molar-refractivity contribution in [1.82, 2.24) is 19.9 Å². The summed E-state index contributed by atoms with van der Waals surface area (Å²) in [4.78, 5) is 19.5. The van der Waals surface area contributed by atoms with Gasteiger partial charge in [-0.1, -0.05) is 200 Å². The Kier molecular flexibility index (Phi) is 9.49. The van der Waals surface area contributed by atoms with Gasteiger partial charge in [-0.15, -0.1) is 0 Å². The van der Waals surface area contributed by atoms with Crippen molar-refractivity contribution in [2.45, 2.75) is 0 Å². The first-order valence-corrected chi connectivity index (χ1v) is 20.8. The molecule has 9 aromatic carbocycles. The van der Waals surface area contributed by atoms with Crippen LogP contribution in [0.2, 0.25) is 0 Å². The number of pyridine rings is 1. The minimum Gasteiger partial charge on any atom is -0.264 e. The van der Waals surface area contributed by atoms with Crippen LogP contribution in [0.3, 0.4) is 0 Å². The van der Waals surface area contributed by atoms with Gasteiger partial charge in [-0.3, -0.25) is 4.98 Å². The summed E-state index contributed by atoms with van der Waals surface area (Å²) in [7, 11) is 0. The van der Waals surface area contributed by atoms with Crippen LogP contribution in [0.15, 0.2) is 231 Å². The van der Waals surface area contributed by atoms with E-state index < -0.39 is 0 Å². The van der Waals surface area contributed by atoms with Gasteiger partial charge in [-0.25, -0.2) is 15.0 Å². The number of hydrogen-bond donors (Lipinski definition) is 0. The Hall–Kier alpha value is -8.34. The van der Waals surface area contributed by atoms with Crippen molar-refractivity contribution in [3.8, 4) is 89.8 Å². The first kappa shape index (κ1) is 36.7. The van der Waals surface area contributed by atoms with E-state index in [1.54, 1.807) is 0 Å². The van der Waals surface area contributed by atoms with E-state index in [0.717, 1.165) is 38.9 Å². The summed E-state index contributed by atoms with van der Waals surface area (Å²) in [5.74, 6) is 1.89. The van der Waals surface area contributed by atoms with Gasteiger partial charge in [0, 0.05) is 34.5 Å². The predicted molar refractivity (Wildman–Crippen MR) is 256 cm³/mol. The van der Waals surface area contributed by atoms with Crippen LogP contribution in [0.1, 0.15) is 0 Å². The summed E-state index contributed by atoms with van der Waals surface area (Å²) in [5, 5.41) is 4.81. The SMILES string of the molecule is c1ccc(-c2ccc(-c3nc(-c4ccc(-c5ccccc5)cc4)nc(-c4ccc(-c5ccc(-c6cccc(-c7ccc8c(ccc9ccncc98)c7)c6)cc5)cc4)n3)cc2)cc1. The largest absolute Gasteiger partial charge is 0.264 e. The van der Waals surface area contributed by atoms with Gasteiger partial charge in [-0.2, -0.15) is 0 Å². The van der Waals surface area contributed by atoms with E-state index >= 15 is 0 Å². The molecule has 11 aromatic rings. The number of nitrogens with zero attached hydrogens (tertiary/aromatic N) is 4. The van der Waals surface area contributed by atoms with Crippen LogP contribution in [0.5, 0.6) is 0 Å². The van der Waals surface area contributed by atoms with E-state index in [1.807, 2.05) is 24.5 Å². The molecule has 0 amide bonds. The standard InChI is InChI=1S/C58H38N4/c1-3-8-39(9-4-1)41-18-25-47(26-19-41)56-60-57(48-27-20-42(21-28-48)40-10-5-2-6-11-40)62-58(61-56)49-29-22-44(23-30-49)43-14-16-45(17-15-43)50-12-7-13-51(36-50)52-32-33-54-53(37-52)31-24-46-34-35-59-38-55(46)54/h1-38H. The van der Waals surface area contributed by atoms with Crippen LogP contribution in [-0.2, 0) is 0 Å². The van der Waals surface area contributed by atoms with Gasteiger partial charge < -0.3 is 0 Å². The van der Waals surface area contributed by atoms with E-state index in [0.29, 0.717) is 17.5 Å². The lowest BCUT2D eigenvalue weighted by Gasteiger charge is -2.11. The molecule has 0 spiro atoms. The second-order valence-corrected chi connectivity index (χ2v) is 15.5. The van der Waals surface area contributed by atoms with Gasteiger partial charge in [-0.05, 0) is 90.0 Å². The summed E-state index contributed by atoms with van der Waals surface area (Å²) in [6.07, 6.45) is 3.80. The topological polar surface area (TPSA) is 51.6 Å². The number of fused-ring (bicyclic) bond motifs is 3. The van der Waals surface area contributed by atoms with Crippen LogP contribution in [0, 0.1) is 0 Å². The minimum atomic E-state index is 0.628. The lowest BCUT2D eigenvalue weighted by Crippen LogP contribution is -2.00. The third kappa shape index (κ3) is 7.31. The van der Waals surface area contributed by atoms with Crippen molar-refractivity contribution < 1.29 is 0 Å². The third-order valence-corrected chi connectivity index (χ3v) is 11.7. The molecule has 2 aromatic heterocycles. The lowest BCUT2D eigenvalue weighted by atomic mass is 9.95. The molecule has 11 rings (SSSR count). The Morgan fingerprint density at radius 3 is 1.06 bits per heavy atom. The minimum absolute atomic E-state index is 0.628. The molecule has 0 unspecified atom stereocenters. The van der Waals surface area contributed by atoms with E-state index in [-0.39, 0.29) is 0 Å².